The Kier molecular flexibility index (Phi) is 4.27. The molecule has 0 saturated carbocycles. The van der Waals surface area contributed by atoms with E-state index in [4.69, 9.17) is 27.9 Å². The molecule has 0 unspecified atom stereocenters. The van der Waals surface area contributed by atoms with Gasteiger partial charge >= 0.3 is 0 Å². The Morgan fingerprint density at radius 3 is 2.67 bits per heavy atom. The SMILES string of the molecule is COc1ccc(Nc2cc(Cl)nnc2Cl)cc1Br. The third kappa shape index (κ3) is 3.04. The van der Waals surface area contributed by atoms with E-state index < -0.39 is 0 Å². The van der Waals surface area contributed by atoms with Gasteiger partial charge in [-0.15, -0.1) is 10.2 Å². The number of benzene rings is 1. The maximum Gasteiger partial charge on any atom is 0.175 e. The first kappa shape index (κ1) is 13.4. The first-order chi connectivity index (χ1) is 8.60. The Morgan fingerprint density at radius 2 is 2.00 bits per heavy atom. The van der Waals surface area contributed by atoms with Gasteiger partial charge in [-0.05, 0) is 34.1 Å². The summed E-state index contributed by atoms with van der Waals surface area (Å²) in [5.41, 5.74) is 1.42. The molecule has 0 bridgehead atoms. The van der Waals surface area contributed by atoms with E-state index in [-0.39, 0.29) is 10.3 Å². The topological polar surface area (TPSA) is 47.0 Å². The van der Waals surface area contributed by atoms with Gasteiger partial charge in [0, 0.05) is 11.8 Å². The molecular formula is C11H8BrCl2N3O. The van der Waals surface area contributed by atoms with Crippen LogP contribution in [-0.4, -0.2) is 17.3 Å². The minimum atomic E-state index is 0.256. The summed E-state index contributed by atoms with van der Waals surface area (Å²) >= 11 is 15.1. The van der Waals surface area contributed by atoms with E-state index in [0.717, 1.165) is 15.9 Å². The third-order valence-corrected chi connectivity index (χ3v) is 3.23. The highest BCUT2D eigenvalue weighted by Gasteiger charge is 2.06. The molecule has 0 aliphatic carbocycles. The monoisotopic (exact) mass is 347 g/mol. The zero-order chi connectivity index (χ0) is 13.1. The number of aromatic nitrogens is 2. The molecule has 2 rings (SSSR count). The van der Waals surface area contributed by atoms with Crippen LogP contribution in [0.1, 0.15) is 0 Å². The Labute approximate surface area is 122 Å². The fourth-order valence-corrected chi connectivity index (χ4v) is 2.17. The summed E-state index contributed by atoms with van der Waals surface area (Å²) in [7, 11) is 1.61. The maximum atomic E-state index is 5.91. The number of nitrogens with one attached hydrogen (secondary N) is 1. The van der Waals surface area contributed by atoms with Gasteiger partial charge in [-0.25, -0.2) is 0 Å². The van der Waals surface area contributed by atoms with Crippen LogP contribution in [0, 0.1) is 0 Å². The molecule has 4 nitrogen and oxygen atoms in total. The van der Waals surface area contributed by atoms with E-state index >= 15 is 0 Å². The zero-order valence-corrected chi connectivity index (χ0v) is 12.3. The van der Waals surface area contributed by atoms with Gasteiger partial charge in [0.2, 0.25) is 0 Å². The van der Waals surface area contributed by atoms with Crippen LogP contribution in [0.15, 0.2) is 28.7 Å². The van der Waals surface area contributed by atoms with Crippen LogP contribution in [0.25, 0.3) is 0 Å². The van der Waals surface area contributed by atoms with Crippen LogP contribution >= 0.6 is 39.1 Å². The van der Waals surface area contributed by atoms with Gasteiger partial charge in [-0.1, -0.05) is 23.2 Å². The number of anilines is 2. The van der Waals surface area contributed by atoms with E-state index in [1.807, 2.05) is 18.2 Å². The lowest BCUT2D eigenvalue weighted by Crippen LogP contribution is -1.95. The van der Waals surface area contributed by atoms with Gasteiger partial charge in [0.05, 0.1) is 17.3 Å². The van der Waals surface area contributed by atoms with Crippen LogP contribution in [0.5, 0.6) is 5.75 Å². The summed E-state index contributed by atoms with van der Waals surface area (Å²) in [6.45, 7) is 0. The Bertz CT molecular complexity index is 580. The fourth-order valence-electron chi connectivity index (χ4n) is 1.34. The zero-order valence-electron chi connectivity index (χ0n) is 9.25. The van der Waals surface area contributed by atoms with Crippen LogP contribution in [0.4, 0.5) is 11.4 Å². The standard InChI is InChI=1S/C11H8BrCl2N3O/c1-18-9-3-2-6(4-7(9)12)15-8-5-10(13)16-17-11(8)14/h2-5H,1H3,(H,15,16). The molecule has 0 saturated heterocycles. The van der Waals surface area contributed by atoms with Crippen LogP contribution in [-0.2, 0) is 0 Å². The predicted molar refractivity (Wildman–Crippen MR) is 76.0 cm³/mol. The first-order valence-electron chi connectivity index (χ1n) is 4.89. The number of halogens is 3. The van der Waals surface area contributed by atoms with Crippen molar-refractivity contribution in [3.05, 3.63) is 39.0 Å². The highest BCUT2D eigenvalue weighted by molar-refractivity contribution is 9.10. The fraction of sp³-hybridized carbons (Fsp3) is 0.0909. The molecule has 0 radical (unpaired) electrons. The lowest BCUT2D eigenvalue weighted by atomic mass is 10.3. The van der Waals surface area contributed by atoms with Crippen molar-refractivity contribution in [2.24, 2.45) is 0 Å². The van der Waals surface area contributed by atoms with Crippen molar-refractivity contribution in [1.29, 1.82) is 0 Å². The lowest BCUT2D eigenvalue weighted by Gasteiger charge is -2.09. The van der Waals surface area contributed by atoms with E-state index in [9.17, 15) is 0 Å². The Hall–Kier alpha value is -1.04. The van der Waals surface area contributed by atoms with E-state index in [2.05, 4.69) is 31.4 Å². The van der Waals surface area contributed by atoms with Crippen molar-refractivity contribution < 1.29 is 4.74 Å². The number of nitrogens with zero attached hydrogens (tertiary/aromatic N) is 2. The van der Waals surface area contributed by atoms with Crippen molar-refractivity contribution in [2.75, 3.05) is 12.4 Å². The minimum Gasteiger partial charge on any atom is -0.496 e. The molecule has 0 spiro atoms. The van der Waals surface area contributed by atoms with Crippen molar-refractivity contribution in [2.45, 2.75) is 0 Å². The van der Waals surface area contributed by atoms with Crippen LogP contribution in [0.3, 0.4) is 0 Å². The number of methoxy groups -OCH3 is 1. The quantitative estimate of drug-likeness (QED) is 0.898. The Balaban J connectivity index is 2.28. The predicted octanol–water partition coefficient (Wildman–Crippen LogP) is 4.30. The third-order valence-electron chi connectivity index (χ3n) is 2.15. The van der Waals surface area contributed by atoms with Gasteiger partial charge in [-0.3, -0.25) is 0 Å². The minimum absolute atomic E-state index is 0.256. The van der Waals surface area contributed by atoms with Crippen molar-refractivity contribution in [3.8, 4) is 5.75 Å². The van der Waals surface area contributed by atoms with Crippen LogP contribution < -0.4 is 10.1 Å². The molecule has 1 aromatic heterocycles. The molecule has 0 amide bonds. The van der Waals surface area contributed by atoms with E-state index in [1.54, 1.807) is 13.2 Å². The van der Waals surface area contributed by atoms with Gasteiger partial charge < -0.3 is 10.1 Å². The summed E-state index contributed by atoms with van der Waals surface area (Å²) < 4.78 is 5.98. The van der Waals surface area contributed by atoms with Crippen molar-refractivity contribution >= 4 is 50.5 Å². The van der Waals surface area contributed by atoms with Gasteiger partial charge in [0.25, 0.3) is 0 Å². The number of rotatable bonds is 3. The largest absolute Gasteiger partial charge is 0.496 e. The highest BCUT2D eigenvalue weighted by atomic mass is 79.9. The summed E-state index contributed by atoms with van der Waals surface area (Å²) in [6, 6.07) is 7.16. The highest BCUT2D eigenvalue weighted by Crippen LogP contribution is 2.31. The molecule has 0 aliphatic rings. The van der Waals surface area contributed by atoms with Crippen molar-refractivity contribution in [1.82, 2.24) is 10.2 Å². The normalized spacial score (nSPS) is 10.2. The molecule has 18 heavy (non-hydrogen) atoms. The molecule has 2 aromatic rings. The second-order valence-electron chi connectivity index (χ2n) is 3.35. The molecule has 0 aliphatic heterocycles. The maximum absolute atomic E-state index is 5.91. The molecule has 0 fully saturated rings. The summed E-state index contributed by atoms with van der Waals surface area (Å²) in [6.07, 6.45) is 0. The molecular weight excluding hydrogens is 341 g/mol. The van der Waals surface area contributed by atoms with E-state index in [0.29, 0.717) is 5.69 Å². The summed E-state index contributed by atoms with van der Waals surface area (Å²) in [5, 5.41) is 11.0. The number of hydrogen-bond acceptors (Lipinski definition) is 4. The molecule has 1 aromatic carbocycles. The lowest BCUT2D eigenvalue weighted by molar-refractivity contribution is 0.412. The molecule has 0 atom stereocenters. The average molecular weight is 349 g/mol. The van der Waals surface area contributed by atoms with Crippen molar-refractivity contribution in [3.63, 3.8) is 0 Å². The van der Waals surface area contributed by atoms with E-state index in [1.165, 1.54) is 0 Å². The summed E-state index contributed by atoms with van der Waals surface area (Å²) in [4.78, 5) is 0. The molecule has 94 valence electrons. The number of hydrogen-bond donors (Lipinski definition) is 1. The number of ether oxygens (including phenoxy) is 1. The molecule has 1 heterocycles. The second-order valence-corrected chi connectivity index (χ2v) is 4.95. The Morgan fingerprint density at radius 1 is 1.22 bits per heavy atom. The van der Waals surface area contributed by atoms with Gasteiger partial charge in [0.15, 0.2) is 10.3 Å². The second kappa shape index (κ2) is 5.73. The van der Waals surface area contributed by atoms with Crippen LogP contribution in [0.2, 0.25) is 10.3 Å². The first-order valence-corrected chi connectivity index (χ1v) is 6.44. The average Bonchev–Trinajstić information content (AvgIpc) is 2.34. The van der Waals surface area contributed by atoms with Gasteiger partial charge in [0.1, 0.15) is 5.75 Å². The summed E-state index contributed by atoms with van der Waals surface area (Å²) in [5.74, 6) is 0.748. The molecule has 7 heteroatoms. The molecule has 1 N–H and O–H groups in total. The van der Waals surface area contributed by atoms with Gasteiger partial charge in [-0.2, -0.15) is 0 Å². The smallest absolute Gasteiger partial charge is 0.175 e.